The maximum absolute atomic E-state index is 13.0. The van der Waals surface area contributed by atoms with Gasteiger partial charge in [-0.2, -0.15) is 0 Å². The summed E-state index contributed by atoms with van der Waals surface area (Å²) in [5.41, 5.74) is 1.65. The van der Waals surface area contributed by atoms with E-state index in [1.807, 2.05) is 18.2 Å². The molecule has 2 aromatic carbocycles. The largest absolute Gasteiger partial charge is 0.497 e. The lowest BCUT2D eigenvalue weighted by atomic mass is 9.92. The highest BCUT2D eigenvalue weighted by molar-refractivity contribution is 5.95. The molecule has 166 valence electrons. The van der Waals surface area contributed by atoms with Crippen molar-refractivity contribution in [3.63, 3.8) is 0 Å². The van der Waals surface area contributed by atoms with Gasteiger partial charge in [-0.1, -0.05) is 44.2 Å². The van der Waals surface area contributed by atoms with Crippen molar-refractivity contribution >= 4 is 11.8 Å². The first-order valence-corrected chi connectivity index (χ1v) is 10.8. The third kappa shape index (κ3) is 5.57. The summed E-state index contributed by atoms with van der Waals surface area (Å²) in [6.07, 6.45) is 1.30. The van der Waals surface area contributed by atoms with E-state index >= 15 is 0 Å². The quantitative estimate of drug-likeness (QED) is 0.728. The molecule has 0 spiro atoms. The zero-order chi connectivity index (χ0) is 22.4. The molecular formula is C25H32N2O4. The molecule has 6 nitrogen and oxygen atoms in total. The van der Waals surface area contributed by atoms with E-state index in [-0.39, 0.29) is 29.7 Å². The van der Waals surface area contributed by atoms with Crippen LogP contribution in [0.4, 0.5) is 0 Å². The number of piperidine rings is 1. The van der Waals surface area contributed by atoms with Gasteiger partial charge in [0.2, 0.25) is 5.91 Å². The van der Waals surface area contributed by atoms with Gasteiger partial charge in [0.05, 0.1) is 20.3 Å². The number of amides is 2. The number of hydrogen-bond acceptors (Lipinski definition) is 4. The number of hydrogen-bond donors (Lipinski definition) is 1. The molecule has 0 bridgehead atoms. The molecule has 1 saturated heterocycles. The Morgan fingerprint density at radius 3 is 2.06 bits per heavy atom. The van der Waals surface area contributed by atoms with Crippen molar-refractivity contribution in [1.82, 2.24) is 10.2 Å². The monoisotopic (exact) mass is 424 g/mol. The molecule has 1 N–H and O–H groups in total. The minimum atomic E-state index is -0.0890. The van der Waals surface area contributed by atoms with Crippen molar-refractivity contribution in [3.8, 4) is 11.5 Å². The molecule has 0 radical (unpaired) electrons. The van der Waals surface area contributed by atoms with E-state index in [1.54, 1.807) is 37.3 Å². The Bertz CT molecular complexity index is 867. The fourth-order valence-corrected chi connectivity index (χ4v) is 4.02. The van der Waals surface area contributed by atoms with Crippen LogP contribution < -0.4 is 14.8 Å². The molecule has 1 aliphatic heterocycles. The molecule has 31 heavy (non-hydrogen) atoms. The molecule has 2 amide bonds. The van der Waals surface area contributed by atoms with E-state index in [9.17, 15) is 9.59 Å². The lowest BCUT2D eigenvalue weighted by Gasteiger charge is -2.33. The van der Waals surface area contributed by atoms with Crippen molar-refractivity contribution in [2.24, 2.45) is 11.8 Å². The third-order valence-electron chi connectivity index (χ3n) is 5.87. The maximum atomic E-state index is 13.0. The molecular weight excluding hydrogens is 392 g/mol. The van der Waals surface area contributed by atoms with Crippen LogP contribution in [0.3, 0.4) is 0 Å². The topological polar surface area (TPSA) is 67.9 Å². The highest BCUT2D eigenvalue weighted by Gasteiger charge is 2.30. The van der Waals surface area contributed by atoms with Crippen LogP contribution in [0.1, 0.15) is 48.7 Å². The van der Waals surface area contributed by atoms with Gasteiger partial charge in [-0.25, -0.2) is 0 Å². The summed E-state index contributed by atoms with van der Waals surface area (Å²) >= 11 is 0. The molecule has 0 aromatic heterocycles. The lowest BCUT2D eigenvalue weighted by Crippen LogP contribution is -2.44. The predicted octanol–water partition coefficient (Wildman–Crippen LogP) is 4.07. The fourth-order valence-electron chi connectivity index (χ4n) is 4.02. The van der Waals surface area contributed by atoms with Gasteiger partial charge < -0.3 is 19.7 Å². The van der Waals surface area contributed by atoms with Crippen molar-refractivity contribution in [2.45, 2.75) is 32.7 Å². The normalized spacial score (nSPS) is 15.5. The summed E-state index contributed by atoms with van der Waals surface area (Å²) in [5.74, 6) is 1.36. The van der Waals surface area contributed by atoms with Crippen molar-refractivity contribution in [1.29, 1.82) is 0 Å². The number of likely N-dealkylation sites (tertiary alicyclic amines) is 1. The average molecular weight is 425 g/mol. The molecule has 1 fully saturated rings. The number of nitrogens with one attached hydrogen (secondary N) is 1. The molecule has 0 saturated carbocycles. The Morgan fingerprint density at radius 2 is 1.55 bits per heavy atom. The highest BCUT2D eigenvalue weighted by Crippen LogP contribution is 2.27. The standard InChI is InChI=1S/C25H32N2O4/c1-17(2)23(18-8-6-5-7-9-18)26-24(28)19-10-12-27(13-11-19)25(29)20-14-21(30-3)16-22(15-20)31-4/h5-9,14-17,19,23H,10-13H2,1-4H3,(H,26,28). The molecule has 2 aromatic rings. The predicted molar refractivity (Wildman–Crippen MR) is 120 cm³/mol. The number of benzene rings is 2. The summed E-state index contributed by atoms with van der Waals surface area (Å²) in [7, 11) is 3.13. The molecule has 3 rings (SSSR count). The first-order valence-electron chi connectivity index (χ1n) is 10.8. The highest BCUT2D eigenvalue weighted by atomic mass is 16.5. The van der Waals surface area contributed by atoms with Crippen molar-refractivity contribution < 1.29 is 19.1 Å². The maximum Gasteiger partial charge on any atom is 0.254 e. The summed E-state index contributed by atoms with van der Waals surface area (Å²) < 4.78 is 10.5. The molecule has 1 aliphatic rings. The van der Waals surface area contributed by atoms with E-state index in [0.29, 0.717) is 43.0 Å². The smallest absolute Gasteiger partial charge is 0.254 e. The van der Waals surface area contributed by atoms with Gasteiger partial charge in [0.15, 0.2) is 0 Å². The van der Waals surface area contributed by atoms with Gasteiger partial charge >= 0.3 is 0 Å². The molecule has 0 aliphatic carbocycles. The Hall–Kier alpha value is -3.02. The van der Waals surface area contributed by atoms with Crippen LogP contribution in [-0.2, 0) is 4.79 Å². The van der Waals surface area contributed by atoms with Crippen LogP contribution in [0, 0.1) is 11.8 Å². The summed E-state index contributed by atoms with van der Waals surface area (Å²) in [5, 5.41) is 3.23. The molecule has 1 atom stereocenters. The zero-order valence-corrected chi connectivity index (χ0v) is 18.8. The fraction of sp³-hybridized carbons (Fsp3) is 0.440. The average Bonchev–Trinajstić information content (AvgIpc) is 2.81. The van der Waals surface area contributed by atoms with Crippen LogP contribution in [-0.4, -0.2) is 44.0 Å². The van der Waals surface area contributed by atoms with Gasteiger partial charge in [-0.3, -0.25) is 9.59 Å². The minimum Gasteiger partial charge on any atom is -0.497 e. The van der Waals surface area contributed by atoms with Crippen LogP contribution in [0.2, 0.25) is 0 Å². The van der Waals surface area contributed by atoms with Gasteiger partial charge in [-0.05, 0) is 36.5 Å². The molecule has 1 heterocycles. The Morgan fingerprint density at radius 1 is 0.968 bits per heavy atom. The number of methoxy groups -OCH3 is 2. The van der Waals surface area contributed by atoms with Gasteiger partial charge in [0.25, 0.3) is 5.91 Å². The van der Waals surface area contributed by atoms with Crippen molar-refractivity contribution in [2.75, 3.05) is 27.3 Å². The van der Waals surface area contributed by atoms with Crippen LogP contribution in [0.5, 0.6) is 11.5 Å². The van der Waals surface area contributed by atoms with Gasteiger partial charge in [0, 0.05) is 30.6 Å². The summed E-state index contributed by atoms with van der Waals surface area (Å²) in [6, 6.07) is 15.2. The first kappa shape index (κ1) is 22.7. The van der Waals surface area contributed by atoms with E-state index in [2.05, 4.69) is 31.3 Å². The second kappa shape index (κ2) is 10.3. The number of nitrogens with zero attached hydrogens (tertiary/aromatic N) is 1. The molecule has 6 heteroatoms. The Balaban J connectivity index is 1.61. The van der Waals surface area contributed by atoms with E-state index in [4.69, 9.17) is 9.47 Å². The van der Waals surface area contributed by atoms with Crippen LogP contribution >= 0.6 is 0 Å². The Kier molecular flexibility index (Phi) is 7.55. The van der Waals surface area contributed by atoms with E-state index < -0.39 is 0 Å². The number of rotatable bonds is 7. The summed E-state index contributed by atoms with van der Waals surface area (Å²) in [4.78, 5) is 27.7. The third-order valence-corrected chi connectivity index (χ3v) is 5.87. The summed E-state index contributed by atoms with van der Waals surface area (Å²) in [6.45, 7) is 5.32. The van der Waals surface area contributed by atoms with E-state index in [1.165, 1.54) is 0 Å². The second-order valence-corrected chi connectivity index (χ2v) is 8.31. The van der Waals surface area contributed by atoms with Gasteiger partial charge in [-0.15, -0.1) is 0 Å². The first-order chi connectivity index (χ1) is 14.9. The SMILES string of the molecule is COc1cc(OC)cc(C(=O)N2CCC(C(=O)NC(c3ccccc3)C(C)C)CC2)c1. The second-order valence-electron chi connectivity index (χ2n) is 8.31. The van der Waals surface area contributed by atoms with Crippen molar-refractivity contribution in [3.05, 3.63) is 59.7 Å². The minimum absolute atomic E-state index is 0.0161. The lowest BCUT2D eigenvalue weighted by molar-refractivity contribution is -0.127. The number of carbonyl (C=O) groups is 2. The number of ether oxygens (including phenoxy) is 2. The molecule has 1 unspecified atom stereocenters. The van der Waals surface area contributed by atoms with Crippen LogP contribution in [0.25, 0.3) is 0 Å². The van der Waals surface area contributed by atoms with Crippen LogP contribution in [0.15, 0.2) is 48.5 Å². The number of carbonyl (C=O) groups excluding carboxylic acids is 2. The van der Waals surface area contributed by atoms with E-state index in [0.717, 1.165) is 5.56 Å². The Labute approximate surface area is 184 Å². The zero-order valence-electron chi connectivity index (χ0n) is 18.8. The van der Waals surface area contributed by atoms with Gasteiger partial charge in [0.1, 0.15) is 11.5 Å².